The quantitative estimate of drug-likeness (QED) is 0.0252. The third-order valence-corrected chi connectivity index (χ3v) is 26.9. The van der Waals surface area contributed by atoms with Gasteiger partial charge in [0.05, 0.1) is 99.3 Å². The third kappa shape index (κ3) is 23.4. The summed E-state index contributed by atoms with van der Waals surface area (Å²) in [7, 11) is 0. The average Bonchev–Trinajstić information content (AvgIpc) is 1.60. The largest absolute Gasteiger partial charge is 0.462 e. The van der Waals surface area contributed by atoms with Gasteiger partial charge in [0.2, 0.25) is 11.8 Å². The molecule has 12 aromatic rings. The highest BCUT2D eigenvalue weighted by Gasteiger charge is 2.30. The van der Waals surface area contributed by atoms with Gasteiger partial charge in [-0.1, -0.05) is 259 Å². The summed E-state index contributed by atoms with van der Waals surface area (Å²) < 4.78 is 17.7. The predicted octanol–water partition coefficient (Wildman–Crippen LogP) is 11.1. The Balaban J connectivity index is 0.800. The van der Waals surface area contributed by atoms with Gasteiger partial charge < -0.3 is 19.3 Å². The first kappa shape index (κ1) is 101. The number of carbonyl (C=O) groups is 4. The first-order valence-corrected chi connectivity index (χ1v) is 49.2. The van der Waals surface area contributed by atoms with Crippen LogP contribution in [0.2, 0.25) is 0 Å². The Morgan fingerprint density at radius 2 is 0.336 bits per heavy atom. The summed E-state index contributed by atoms with van der Waals surface area (Å²) in [6.07, 6.45) is 40.6. The minimum absolute atomic E-state index is 0.0930. The first-order valence-electron chi connectivity index (χ1n) is 49.2. The summed E-state index contributed by atoms with van der Waals surface area (Å²) in [5.41, 5.74) is -13.4. The van der Waals surface area contributed by atoms with E-state index < -0.39 is 178 Å². The van der Waals surface area contributed by atoms with Crippen LogP contribution in [0.1, 0.15) is 285 Å². The molecule has 32 heteroatoms. The highest BCUT2D eigenvalue weighted by atomic mass is 16.5. The lowest BCUT2D eigenvalue weighted by Crippen LogP contribution is -2.47. The molecule has 0 radical (unpaired) electrons. The molecular weight excluding hydrogens is 1720 g/mol. The SMILES string of the molecule is CCCCCCCCCCCCn1c(=O)c2cc3c(=O)n(CC(=O)OCCN(CCN(CCOC(=O)Cn4c(=O)c5cc6c(=O)n(CCCCCCCCCCCC)c(=O)c6cc5c4=O)C(=O)Cn4c(=O)c5cc6c(=O)n(CCCCCCCCCCCC)c(=O)c6cc5c4=O)C(=O)Cn4c(=O)c5cc6c(=O)n(CCCCCCCCCCCC)c(=O)c6cc5c4=O)c(=O)c3cc2c1=O. The van der Waals surface area contributed by atoms with Crippen LogP contribution in [0.4, 0.5) is 0 Å². The van der Waals surface area contributed by atoms with Crippen LogP contribution in [0.3, 0.4) is 0 Å². The maximum atomic E-state index is 15.1. The third-order valence-electron chi connectivity index (χ3n) is 26.9. The lowest BCUT2D eigenvalue weighted by Gasteiger charge is -2.28. The van der Waals surface area contributed by atoms with Gasteiger partial charge in [-0.25, -0.2) is 0 Å². The molecule has 0 atom stereocenters. The number of carbonyl (C=O) groups excluding carboxylic acids is 4. The Kier molecular flexibility index (Phi) is 36.3. The number of hydrogen-bond acceptors (Lipinski definition) is 22. The Morgan fingerprint density at radius 3 is 0.500 bits per heavy atom. The second-order valence-corrected chi connectivity index (χ2v) is 36.5. The van der Waals surface area contributed by atoms with E-state index >= 15 is 9.59 Å². The van der Waals surface area contributed by atoms with Gasteiger partial charge in [-0.15, -0.1) is 0 Å². The molecule has 8 aromatic heterocycles. The van der Waals surface area contributed by atoms with Gasteiger partial charge in [-0.3, -0.25) is 132 Å². The molecule has 0 unspecified atom stereocenters. The van der Waals surface area contributed by atoms with Crippen LogP contribution in [-0.2, 0) is 81.0 Å². The number of fused-ring (bicyclic) bond motifs is 8. The molecule has 134 heavy (non-hydrogen) atoms. The van der Waals surface area contributed by atoms with Gasteiger partial charge >= 0.3 is 11.9 Å². The number of ether oxygens (including phenoxy) is 2. The summed E-state index contributed by atoms with van der Waals surface area (Å²) in [6, 6.07) is 9.14. The molecule has 2 amide bonds. The van der Waals surface area contributed by atoms with Crippen LogP contribution in [0, 0.1) is 0 Å². The van der Waals surface area contributed by atoms with E-state index in [1.54, 1.807) is 0 Å². The van der Waals surface area contributed by atoms with Crippen molar-refractivity contribution in [3.63, 3.8) is 0 Å². The molecule has 0 saturated carbocycles. The van der Waals surface area contributed by atoms with E-state index in [2.05, 4.69) is 27.7 Å². The smallest absolute Gasteiger partial charge is 0.326 e. The molecule has 0 spiro atoms. The maximum Gasteiger partial charge on any atom is 0.326 e. The van der Waals surface area contributed by atoms with Gasteiger partial charge in [0, 0.05) is 39.3 Å². The van der Waals surface area contributed by atoms with Crippen LogP contribution in [0.25, 0.3) is 86.2 Å². The minimum atomic E-state index is -1.22. The molecule has 0 aliphatic carbocycles. The van der Waals surface area contributed by atoms with Gasteiger partial charge in [0.15, 0.2) is 0 Å². The maximum absolute atomic E-state index is 15.1. The zero-order valence-corrected chi connectivity index (χ0v) is 78.3. The summed E-state index contributed by atoms with van der Waals surface area (Å²) in [6.45, 7) is 0.710. The lowest BCUT2D eigenvalue weighted by atomic mass is 10.1. The van der Waals surface area contributed by atoms with Gasteiger partial charge in [-0.2, -0.15) is 0 Å². The number of amides is 2. The Bertz CT molecular complexity index is 6410. The van der Waals surface area contributed by atoms with E-state index in [-0.39, 0.29) is 112 Å². The summed E-state index contributed by atoms with van der Waals surface area (Å²) in [4.78, 5) is 285. The molecule has 8 heterocycles. The van der Waals surface area contributed by atoms with Crippen molar-refractivity contribution in [2.45, 2.75) is 337 Å². The molecular formula is C102H128N10O22. The molecule has 0 bridgehead atoms. The number of aromatic nitrogens is 8. The molecule has 0 aliphatic rings. The molecule has 32 nitrogen and oxygen atoms in total. The second kappa shape index (κ2) is 48.2. The van der Waals surface area contributed by atoms with Gasteiger partial charge in [-0.05, 0) is 74.2 Å². The highest BCUT2D eigenvalue weighted by molar-refractivity contribution is 6.01. The normalized spacial score (nSPS) is 12.0. The number of unbranched alkanes of at least 4 members (excludes halogenated alkanes) is 36. The van der Waals surface area contributed by atoms with Crippen molar-refractivity contribution in [3.05, 3.63) is 214 Å². The Labute approximate surface area is 771 Å². The van der Waals surface area contributed by atoms with E-state index in [1.165, 1.54) is 64.2 Å². The van der Waals surface area contributed by atoms with E-state index in [9.17, 15) is 86.3 Å². The van der Waals surface area contributed by atoms with E-state index in [1.807, 2.05) is 0 Å². The Morgan fingerprint density at radius 1 is 0.194 bits per heavy atom. The van der Waals surface area contributed by atoms with Crippen molar-refractivity contribution in [3.8, 4) is 0 Å². The molecule has 12 rings (SSSR count). The lowest BCUT2D eigenvalue weighted by molar-refractivity contribution is -0.148. The molecule has 0 fully saturated rings. The summed E-state index contributed by atoms with van der Waals surface area (Å²) in [5, 5.41) is -3.11. The van der Waals surface area contributed by atoms with E-state index in [4.69, 9.17) is 9.47 Å². The van der Waals surface area contributed by atoms with Crippen molar-refractivity contribution >= 4 is 110 Å². The minimum Gasteiger partial charge on any atom is -0.462 e. The number of benzene rings is 4. The van der Waals surface area contributed by atoms with Gasteiger partial charge in [0.1, 0.15) is 39.4 Å². The topological polar surface area (TPSA) is 406 Å². The van der Waals surface area contributed by atoms with Gasteiger partial charge in [0.25, 0.3) is 88.9 Å². The number of esters is 2. The zero-order valence-electron chi connectivity index (χ0n) is 78.3. The van der Waals surface area contributed by atoms with Crippen molar-refractivity contribution in [2.24, 2.45) is 0 Å². The molecule has 0 aliphatic heterocycles. The number of nitrogens with zero attached hydrogens (tertiary/aromatic N) is 10. The van der Waals surface area contributed by atoms with E-state index in [0.29, 0.717) is 44.0 Å². The molecule has 0 saturated heterocycles. The van der Waals surface area contributed by atoms with Crippen molar-refractivity contribution in [1.82, 2.24) is 46.3 Å². The Hall–Kier alpha value is -12.1. The standard InChI is InChI=1S/C102H128N10O22/c1-5-9-13-17-21-25-29-33-37-41-45-105-87(117)67-55-75-76(56-68(67)88(105)118)96(126)109(95(75)125)63-83(113)103(51-53-133-85(115)65-111-99(129)79-59-71-72(60-80(79)100(111)130)92(122)107(91(71)121)47-43-39-35-31-27-23-19-15-11-7-3)49-50-104(84(114)64-110-97(127)77-57-69-70(58-78(77)98(110)128)90(120)106(89(69)119)46-42-38-34-30-26-22-18-14-10-6-2)52-54-134-86(116)66-112-101(131)81-61-73-74(62-82(81)102(112)132)94(124)108(93(73)123)48-44-40-36-32-28-24-20-16-12-8-4/h55-62H,5-54,63-66H2,1-4H3. The first-order chi connectivity index (χ1) is 64.8. The molecule has 718 valence electrons. The highest BCUT2D eigenvalue weighted by Crippen LogP contribution is 2.23. The van der Waals surface area contributed by atoms with Crippen LogP contribution >= 0.6 is 0 Å². The second-order valence-electron chi connectivity index (χ2n) is 36.5. The predicted molar refractivity (Wildman–Crippen MR) is 522 cm³/mol. The number of hydrogen-bond donors (Lipinski definition) is 0. The number of rotatable bonds is 61. The fourth-order valence-electron chi connectivity index (χ4n) is 19.0. The summed E-state index contributed by atoms with van der Waals surface area (Å²) in [5.74, 6) is -4.58. The van der Waals surface area contributed by atoms with Crippen molar-refractivity contribution < 1.29 is 28.7 Å². The fourth-order valence-corrected chi connectivity index (χ4v) is 19.0. The molecule has 0 N–H and O–H groups in total. The van der Waals surface area contributed by atoms with Crippen LogP contribution in [0.15, 0.2) is 125 Å². The molecule has 4 aromatic carbocycles. The summed E-state index contributed by atoms with van der Waals surface area (Å²) >= 11 is 0. The van der Waals surface area contributed by atoms with Crippen molar-refractivity contribution in [2.75, 3.05) is 39.4 Å². The fraction of sp³-hybridized carbons (Fsp3) is 0.569. The van der Waals surface area contributed by atoms with Crippen molar-refractivity contribution in [1.29, 1.82) is 0 Å². The zero-order chi connectivity index (χ0) is 95.8. The van der Waals surface area contributed by atoms with Crippen LogP contribution in [0.5, 0.6) is 0 Å². The van der Waals surface area contributed by atoms with Crippen LogP contribution in [-0.4, -0.2) is 109 Å². The monoisotopic (exact) mass is 1840 g/mol. The van der Waals surface area contributed by atoms with Crippen LogP contribution < -0.4 is 88.9 Å². The average molecular weight is 1850 g/mol. The van der Waals surface area contributed by atoms with E-state index in [0.717, 1.165) is 244 Å².